The highest BCUT2D eigenvalue weighted by Crippen LogP contribution is 2.13. The van der Waals surface area contributed by atoms with Crippen molar-refractivity contribution in [3.63, 3.8) is 0 Å². The predicted octanol–water partition coefficient (Wildman–Crippen LogP) is 6.91. The standard InChI is InChI=1S/C21H34OS/c1-2-3-4-5-6-7-8-9-10-14-18-23-19-17-21(22)20-15-12-11-13-16-20/h11-13,15-16H,2-10,14,17-19H2,1H3. The molecule has 0 aliphatic rings. The molecule has 1 nitrogen and oxygen atoms in total. The molecule has 0 unspecified atom stereocenters. The number of carbonyl (C=O) groups is 1. The zero-order valence-electron chi connectivity index (χ0n) is 14.9. The van der Waals surface area contributed by atoms with Crippen molar-refractivity contribution in [2.24, 2.45) is 0 Å². The molecule has 0 spiro atoms. The zero-order chi connectivity index (χ0) is 16.6. The van der Waals surface area contributed by atoms with E-state index in [4.69, 9.17) is 0 Å². The Labute approximate surface area is 147 Å². The number of benzene rings is 1. The molecule has 0 N–H and O–H groups in total. The largest absolute Gasteiger partial charge is 0.294 e. The van der Waals surface area contributed by atoms with Gasteiger partial charge in [-0.05, 0) is 12.2 Å². The van der Waals surface area contributed by atoms with Crippen LogP contribution in [0.25, 0.3) is 0 Å². The summed E-state index contributed by atoms with van der Waals surface area (Å²) in [6.07, 6.45) is 14.6. The van der Waals surface area contributed by atoms with E-state index in [0.29, 0.717) is 6.42 Å². The van der Waals surface area contributed by atoms with E-state index in [2.05, 4.69) is 6.92 Å². The quantitative estimate of drug-likeness (QED) is 0.256. The molecule has 0 bridgehead atoms. The van der Waals surface area contributed by atoms with Crippen LogP contribution < -0.4 is 0 Å². The van der Waals surface area contributed by atoms with E-state index < -0.39 is 0 Å². The molecule has 0 aliphatic carbocycles. The highest BCUT2D eigenvalue weighted by molar-refractivity contribution is 7.99. The van der Waals surface area contributed by atoms with Gasteiger partial charge in [-0.2, -0.15) is 11.8 Å². The van der Waals surface area contributed by atoms with E-state index in [1.165, 1.54) is 70.0 Å². The maximum Gasteiger partial charge on any atom is 0.163 e. The average molecular weight is 335 g/mol. The number of hydrogen-bond donors (Lipinski definition) is 0. The molecule has 0 heterocycles. The van der Waals surface area contributed by atoms with Gasteiger partial charge in [-0.1, -0.05) is 95.0 Å². The summed E-state index contributed by atoms with van der Waals surface area (Å²) in [5.74, 6) is 2.45. The summed E-state index contributed by atoms with van der Waals surface area (Å²) in [7, 11) is 0. The molecule has 0 fully saturated rings. The maximum atomic E-state index is 11.9. The van der Waals surface area contributed by atoms with Crippen molar-refractivity contribution < 1.29 is 4.79 Å². The van der Waals surface area contributed by atoms with Gasteiger partial charge in [0.1, 0.15) is 0 Å². The third-order valence-corrected chi connectivity index (χ3v) is 5.28. The third kappa shape index (κ3) is 11.4. The lowest BCUT2D eigenvalue weighted by molar-refractivity contribution is 0.0989. The van der Waals surface area contributed by atoms with Gasteiger partial charge in [0.15, 0.2) is 5.78 Å². The van der Waals surface area contributed by atoms with E-state index in [1.54, 1.807) is 0 Å². The third-order valence-electron chi connectivity index (χ3n) is 4.21. The van der Waals surface area contributed by atoms with E-state index >= 15 is 0 Å². The summed E-state index contributed by atoms with van der Waals surface area (Å²) in [6, 6.07) is 9.65. The minimum atomic E-state index is 0.279. The second-order valence-corrected chi connectivity index (χ2v) is 7.56. The van der Waals surface area contributed by atoms with Crippen molar-refractivity contribution in [1.29, 1.82) is 0 Å². The first-order valence-corrected chi connectivity index (χ1v) is 10.7. The molecule has 0 saturated carbocycles. The monoisotopic (exact) mass is 334 g/mol. The van der Waals surface area contributed by atoms with E-state index in [-0.39, 0.29) is 5.78 Å². The first kappa shape index (κ1) is 20.3. The van der Waals surface area contributed by atoms with Gasteiger partial charge in [0.2, 0.25) is 0 Å². The number of unbranched alkanes of at least 4 members (excludes halogenated alkanes) is 9. The molecule has 23 heavy (non-hydrogen) atoms. The molecule has 0 radical (unpaired) electrons. The topological polar surface area (TPSA) is 17.1 Å². The summed E-state index contributed by atoms with van der Waals surface area (Å²) >= 11 is 1.93. The van der Waals surface area contributed by atoms with Gasteiger partial charge in [0.05, 0.1) is 0 Å². The van der Waals surface area contributed by atoms with Crippen LogP contribution in [-0.2, 0) is 0 Å². The van der Waals surface area contributed by atoms with Crippen molar-refractivity contribution in [3.05, 3.63) is 35.9 Å². The summed E-state index contributed by atoms with van der Waals surface area (Å²) in [4.78, 5) is 11.9. The van der Waals surface area contributed by atoms with Crippen LogP contribution in [0.3, 0.4) is 0 Å². The summed E-state index contributed by atoms with van der Waals surface area (Å²) in [5.41, 5.74) is 0.854. The maximum absolute atomic E-state index is 11.9. The highest BCUT2D eigenvalue weighted by Gasteiger charge is 2.04. The van der Waals surface area contributed by atoms with Gasteiger partial charge in [-0.3, -0.25) is 4.79 Å². The van der Waals surface area contributed by atoms with Crippen LogP contribution in [0.15, 0.2) is 30.3 Å². The lowest BCUT2D eigenvalue weighted by Crippen LogP contribution is -2.00. The molecular weight excluding hydrogens is 300 g/mol. The molecular formula is C21H34OS. The van der Waals surface area contributed by atoms with E-state index in [1.807, 2.05) is 42.1 Å². The Morgan fingerprint density at radius 3 is 1.96 bits per heavy atom. The number of carbonyl (C=O) groups excluding carboxylic acids is 1. The van der Waals surface area contributed by atoms with Crippen LogP contribution in [0.1, 0.15) is 87.9 Å². The fourth-order valence-corrected chi connectivity index (χ4v) is 3.67. The second kappa shape index (κ2) is 14.8. The van der Waals surface area contributed by atoms with Crippen LogP contribution in [0.5, 0.6) is 0 Å². The zero-order valence-corrected chi connectivity index (χ0v) is 15.7. The van der Waals surface area contributed by atoms with Crippen molar-refractivity contribution in [1.82, 2.24) is 0 Å². The number of thioether (sulfide) groups is 1. The Hall–Kier alpha value is -0.760. The SMILES string of the molecule is CCCCCCCCCCCCSCCC(=O)c1ccccc1. The Bertz CT molecular complexity index is 388. The molecule has 0 amide bonds. The Kier molecular flexibility index (Phi) is 13.1. The van der Waals surface area contributed by atoms with Crippen LogP contribution >= 0.6 is 11.8 Å². The number of rotatable bonds is 15. The number of Topliss-reactive ketones (excluding diaryl/α,β-unsaturated/α-hetero) is 1. The van der Waals surface area contributed by atoms with Gasteiger partial charge in [0, 0.05) is 17.7 Å². The Morgan fingerprint density at radius 1 is 0.783 bits per heavy atom. The van der Waals surface area contributed by atoms with E-state index in [0.717, 1.165) is 11.3 Å². The van der Waals surface area contributed by atoms with Gasteiger partial charge < -0.3 is 0 Å². The normalized spacial score (nSPS) is 10.8. The molecule has 0 aliphatic heterocycles. The van der Waals surface area contributed by atoms with Crippen LogP contribution in [0.2, 0.25) is 0 Å². The van der Waals surface area contributed by atoms with Crippen molar-refractivity contribution in [2.75, 3.05) is 11.5 Å². The molecule has 130 valence electrons. The highest BCUT2D eigenvalue weighted by atomic mass is 32.2. The molecule has 1 rings (SSSR count). The first-order chi connectivity index (χ1) is 11.3. The van der Waals surface area contributed by atoms with Crippen LogP contribution in [0.4, 0.5) is 0 Å². The molecule has 1 aromatic carbocycles. The average Bonchev–Trinajstić information content (AvgIpc) is 2.59. The van der Waals surface area contributed by atoms with Gasteiger partial charge in [-0.15, -0.1) is 0 Å². The molecule has 2 heteroatoms. The summed E-state index contributed by atoms with van der Waals surface area (Å²) in [5, 5.41) is 0. The summed E-state index contributed by atoms with van der Waals surface area (Å²) < 4.78 is 0. The Balaban J connectivity index is 1.82. The molecule has 1 aromatic rings. The van der Waals surface area contributed by atoms with Crippen LogP contribution in [0, 0.1) is 0 Å². The number of ketones is 1. The molecule has 0 saturated heterocycles. The first-order valence-electron chi connectivity index (χ1n) is 9.50. The molecule has 0 aromatic heterocycles. The van der Waals surface area contributed by atoms with Crippen molar-refractivity contribution in [2.45, 2.75) is 77.6 Å². The van der Waals surface area contributed by atoms with Crippen LogP contribution in [-0.4, -0.2) is 17.3 Å². The van der Waals surface area contributed by atoms with Gasteiger partial charge in [-0.25, -0.2) is 0 Å². The summed E-state index contributed by atoms with van der Waals surface area (Å²) in [6.45, 7) is 2.27. The minimum Gasteiger partial charge on any atom is -0.294 e. The number of hydrogen-bond acceptors (Lipinski definition) is 2. The molecule has 0 atom stereocenters. The van der Waals surface area contributed by atoms with Crippen molar-refractivity contribution in [3.8, 4) is 0 Å². The fourth-order valence-electron chi connectivity index (χ4n) is 2.73. The Morgan fingerprint density at radius 2 is 1.35 bits per heavy atom. The second-order valence-electron chi connectivity index (χ2n) is 6.33. The van der Waals surface area contributed by atoms with Gasteiger partial charge in [0.25, 0.3) is 0 Å². The smallest absolute Gasteiger partial charge is 0.163 e. The van der Waals surface area contributed by atoms with Gasteiger partial charge >= 0.3 is 0 Å². The lowest BCUT2D eigenvalue weighted by atomic mass is 10.1. The predicted molar refractivity (Wildman–Crippen MR) is 105 cm³/mol. The van der Waals surface area contributed by atoms with E-state index in [9.17, 15) is 4.79 Å². The fraction of sp³-hybridized carbons (Fsp3) is 0.667. The van der Waals surface area contributed by atoms with Crippen molar-refractivity contribution >= 4 is 17.5 Å². The lowest BCUT2D eigenvalue weighted by Gasteiger charge is -2.03. The minimum absolute atomic E-state index is 0.279.